The lowest BCUT2D eigenvalue weighted by molar-refractivity contribution is 0.420. The fraction of sp³-hybridized carbons (Fsp3) is 0.214. The summed E-state index contributed by atoms with van der Waals surface area (Å²) in [5, 5.41) is 0.502. The lowest BCUT2D eigenvalue weighted by Crippen LogP contribution is -2.34. The molecule has 0 fully saturated rings. The van der Waals surface area contributed by atoms with Gasteiger partial charge in [-0.25, -0.2) is 13.4 Å². The predicted molar refractivity (Wildman–Crippen MR) is 82.6 cm³/mol. The molecule has 5 nitrogen and oxygen atoms in total. The largest absolute Gasteiger partial charge is 0.336 e. The number of rotatable bonds is 7. The van der Waals surface area contributed by atoms with Crippen molar-refractivity contribution in [2.75, 3.05) is 13.1 Å². The molecular weight excluding hydrogens is 310 g/mol. The molecule has 0 saturated carbocycles. The topological polar surface area (TPSA) is 55.2 Å². The smallest absolute Gasteiger partial charge is 0.243 e. The Morgan fingerprint density at radius 1 is 1.33 bits per heavy atom. The van der Waals surface area contributed by atoms with E-state index in [1.54, 1.807) is 36.9 Å². The summed E-state index contributed by atoms with van der Waals surface area (Å²) in [6, 6.07) is 6.14. The third-order valence-electron chi connectivity index (χ3n) is 2.95. The van der Waals surface area contributed by atoms with Crippen LogP contribution in [0.5, 0.6) is 0 Å². The highest BCUT2D eigenvalue weighted by Crippen LogP contribution is 2.18. The van der Waals surface area contributed by atoms with Crippen LogP contribution >= 0.6 is 11.6 Å². The third kappa shape index (κ3) is 3.93. The number of aromatic nitrogens is 2. The number of hydrogen-bond donors (Lipinski definition) is 0. The Morgan fingerprint density at radius 3 is 2.62 bits per heavy atom. The summed E-state index contributed by atoms with van der Waals surface area (Å²) in [6.45, 7) is 4.74. The minimum atomic E-state index is -3.56. The summed E-state index contributed by atoms with van der Waals surface area (Å²) in [5.74, 6) is 0. The normalized spacial score (nSPS) is 11.7. The Bertz CT molecular complexity index is 682. The quantitative estimate of drug-likeness (QED) is 0.735. The fourth-order valence-electron chi connectivity index (χ4n) is 1.86. The van der Waals surface area contributed by atoms with E-state index in [1.807, 2.05) is 4.57 Å². The van der Waals surface area contributed by atoms with E-state index < -0.39 is 10.0 Å². The van der Waals surface area contributed by atoms with Crippen molar-refractivity contribution >= 4 is 21.6 Å². The van der Waals surface area contributed by atoms with Crippen molar-refractivity contribution in [3.05, 3.63) is 60.7 Å². The van der Waals surface area contributed by atoms with Crippen LogP contribution in [0.1, 0.15) is 0 Å². The van der Waals surface area contributed by atoms with Gasteiger partial charge in [0.25, 0.3) is 0 Å². The van der Waals surface area contributed by atoms with Crippen molar-refractivity contribution in [3.8, 4) is 0 Å². The van der Waals surface area contributed by atoms with Crippen LogP contribution in [0.2, 0.25) is 5.02 Å². The van der Waals surface area contributed by atoms with Crippen molar-refractivity contribution in [1.29, 1.82) is 0 Å². The first kappa shape index (κ1) is 15.8. The second kappa shape index (κ2) is 6.89. The van der Waals surface area contributed by atoms with Crippen LogP contribution in [0.25, 0.3) is 0 Å². The summed E-state index contributed by atoms with van der Waals surface area (Å²) in [4.78, 5) is 4.16. The van der Waals surface area contributed by atoms with E-state index in [0.29, 0.717) is 18.1 Å². The molecule has 0 spiro atoms. The van der Waals surface area contributed by atoms with E-state index in [4.69, 9.17) is 11.6 Å². The molecule has 1 aromatic carbocycles. The average molecular weight is 326 g/mol. The van der Waals surface area contributed by atoms with Crippen molar-refractivity contribution in [1.82, 2.24) is 13.9 Å². The monoisotopic (exact) mass is 325 g/mol. The number of nitrogens with zero attached hydrogens (tertiary/aromatic N) is 3. The number of hydrogen-bond acceptors (Lipinski definition) is 3. The molecule has 112 valence electrons. The molecular formula is C14H16ClN3O2S. The van der Waals surface area contributed by atoms with Crippen LogP contribution in [0, 0.1) is 0 Å². The summed E-state index contributed by atoms with van der Waals surface area (Å²) >= 11 is 5.80. The van der Waals surface area contributed by atoms with Gasteiger partial charge < -0.3 is 4.57 Å². The Hall–Kier alpha value is -1.63. The molecule has 2 rings (SSSR count). The molecule has 0 radical (unpaired) electrons. The lowest BCUT2D eigenvalue weighted by Gasteiger charge is -2.21. The van der Waals surface area contributed by atoms with Gasteiger partial charge in [-0.2, -0.15) is 4.31 Å². The summed E-state index contributed by atoms with van der Waals surface area (Å²) in [7, 11) is -3.56. The second-order valence-corrected chi connectivity index (χ2v) is 6.78. The van der Waals surface area contributed by atoms with Gasteiger partial charge in [-0.3, -0.25) is 0 Å². The molecule has 0 N–H and O–H groups in total. The fourth-order valence-corrected chi connectivity index (χ4v) is 3.38. The van der Waals surface area contributed by atoms with Crippen molar-refractivity contribution < 1.29 is 8.42 Å². The van der Waals surface area contributed by atoms with Crippen molar-refractivity contribution in [2.45, 2.75) is 11.4 Å². The van der Waals surface area contributed by atoms with Gasteiger partial charge in [-0.15, -0.1) is 6.58 Å². The van der Waals surface area contributed by atoms with Gasteiger partial charge >= 0.3 is 0 Å². The molecule has 0 saturated heterocycles. The molecule has 0 unspecified atom stereocenters. The van der Waals surface area contributed by atoms with Crippen LogP contribution in [0.4, 0.5) is 0 Å². The number of sulfonamides is 1. The molecule has 1 aromatic heterocycles. The maximum Gasteiger partial charge on any atom is 0.243 e. The van der Waals surface area contributed by atoms with Crippen molar-refractivity contribution in [3.63, 3.8) is 0 Å². The molecule has 0 aliphatic rings. The average Bonchev–Trinajstić information content (AvgIpc) is 2.97. The summed E-state index contributed by atoms with van der Waals surface area (Å²) < 4.78 is 28.4. The zero-order valence-electron chi connectivity index (χ0n) is 11.4. The van der Waals surface area contributed by atoms with Gasteiger partial charge in [0.15, 0.2) is 0 Å². The van der Waals surface area contributed by atoms with Crippen LogP contribution in [-0.2, 0) is 16.6 Å². The maximum absolute atomic E-state index is 12.6. The Morgan fingerprint density at radius 2 is 2.05 bits per heavy atom. The van der Waals surface area contributed by atoms with E-state index in [-0.39, 0.29) is 11.4 Å². The van der Waals surface area contributed by atoms with Gasteiger partial charge in [0.05, 0.1) is 11.2 Å². The standard InChI is InChI=1S/C14H16ClN3O2S/c1-2-8-18(11-10-17-9-7-16-12-17)21(19,20)14-5-3-13(15)4-6-14/h2-7,9,12H,1,8,10-11H2. The van der Waals surface area contributed by atoms with Gasteiger partial charge in [-0.05, 0) is 24.3 Å². The van der Waals surface area contributed by atoms with Crippen molar-refractivity contribution in [2.24, 2.45) is 0 Å². The van der Waals surface area contributed by atoms with E-state index >= 15 is 0 Å². The van der Waals surface area contributed by atoms with Gasteiger partial charge in [-0.1, -0.05) is 17.7 Å². The Kier molecular flexibility index (Phi) is 5.17. The van der Waals surface area contributed by atoms with E-state index in [9.17, 15) is 8.42 Å². The number of halogens is 1. The van der Waals surface area contributed by atoms with Gasteiger partial charge in [0.2, 0.25) is 10.0 Å². The van der Waals surface area contributed by atoms with Crippen LogP contribution in [0.3, 0.4) is 0 Å². The van der Waals surface area contributed by atoms with Gasteiger partial charge in [0.1, 0.15) is 0 Å². The Balaban J connectivity index is 2.19. The molecule has 0 amide bonds. The summed E-state index contributed by atoms with van der Waals surface area (Å²) in [6.07, 6.45) is 6.68. The van der Waals surface area contributed by atoms with E-state index in [0.717, 1.165) is 0 Å². The highest BCUT2D eigenvalue weighted by Gasteiger charge is 2.23. The van der Waals surface area contributed by atoms with E-state index in [1.165, 1.54) is 16.4 Å². The molecule has 0 atom stereocenters. The zero-order valence-corrected chi connectivity index (χ0v) is 13.0. The minimum absolute atomic E-state index is 0.222. The highest BCUT2D eigenvalue weighted by atomic mass is 35.5. The maximum atomic E-state index is 12.6. The molecule has 0 aliphatic carbocycles. The Labute approximate surface area is 129 Å². The first-order valence-electron chi connectivity index (χ1n) is 6.36. The lowest BCUT2D eigenvalue weighted by atomic mass is 10.4. The highest BCUT2D eigenvalue weighted by molar-refractivity contribution is 7.89. The van der Waals surface area contributed by atoms with E-state index in [2.05, 4.69) is 11.6 Å². The number of imidazole rings is 1. The molecule has 21 heavy (non-hydrogen) atoms. The predicted octanol–water partition coefficient (Wildman–Crippen LogP) is 2.41. The first-order valence-corrected chi connectivity index (χ1v) is 8.18. The van der Waals surface area contributed by atoms with Crippen LogP contribution in [0.15, 0.2) is 60.5 Å². The van der Waals surface area contributed by atoms with Crippen LogP contribution in [-0.4, -0.2) is 35.4 Å². The molecule has 2 aromatic rings. The minimum Gasteiger partial charge on any atom is -0.336 e. The second-order valence-electron chi connectivity index (χ2n) is 4.41. The number of benzene rings is 1. The SMILES string of the molecule is C=CCN(CCn1ccnc1)S(=O)(=O)c1ccc(Cl)cc1. The molecule has 0 aliphatic heterocycles. The van der Waals surface area contributed by atoms with Gasteiger partial charge in [0, 0.05) is 37.1 Å². The molecule has 1 heterocycles. The third-order valence-corrected chi connectivity index (χ3v) is 5.08. The molecule has 7 heteroatoms. The summed E-state index contributed by atoms with van der Waals surface area (Å²) in [5.41, 5.74) is 0. The zero-order chi connectivity index (χ0) is 15.3. The first-order chi connectivity index (χ1) is 10.0. The molecule has 0 bridgehead atoms. The van der Waals surface area contributed by atoms with Crippen LogP contribution < -0.4 is 0 Å².